The molecule has 102 valence electrons. The van der Waals surface area contributed by atoms with Crippen molar-refractivity contribution >= 4 is 11.6 Å². The van der Waals surface area contributed by atoms with E-state index in [1.165, 1.54) is 19.3 Å². The van der Waals surface area contributed by atoms with Gasteiger partial charge in [0.1, 0.15) is 18.0 Å². The standard InChI is InChI=1S/C13H20N6/c1-19-6-3-11(9-19)8-16-13-7-12(17-10-18-13)15-5-2-4-14/h7,10-11H,2-3,5-6,8-9H2,1H3,(H2,15,16,17,18). The second-order valence-electron chi connectivity index (χ2n) is 4.92. The quantitative estimate of drug-likeness (QED) is 0.748. The lowest BCUT2D eigenvalue weighted by atomic mass is 10.1. The molecule has 2 rings (SSSR count). The summed E-state index contributed by atoms with van der Waals surface area (Å²) in [6.45, 7) is 3.88. The second kappa shape index (κ2) is 6.90. The van der Waals surface area contributed by atoms with Crippen LogP contribution in [0.25, 0.3) is 0 Å². The molecule has 1 saturated heterocycles. The van der Waals surface area contributed by atoms with E-state index in [1.807, 2.05) is 6.07 Å². The van der Waals surface area contributed by atoms with E-state index >= 15 is 0 Å². The van der Waals surface area contributed by atoms with Crippen LogP contribution in [0.15, 0.2) is 12.4 Å². The molecule has 1 aliphatic rings. The van der Waals surface area contributed by atoms with Gasteiger partial charge in [0, 0.05) is 25.7 Å². The first kappa shape index (κ1) is 13.6. The van der Waals surface area contributed by atoms with Gasteiger partial charge in [-0.15, -0.1) is 0 Å². The van der Waals surface area contributed by atoms with Gasteiger partial charge in [0.25, 0.3) is 0 Å². The highest BCUT2D eigenvalue weighted by Crippen LogP contribution is 2.15. The lowest BCUT2D eigenvalue weighted by molar-refractivity contribution is 0.399. The lowest BCUT2D eigenvalue weighted by Gasteiger charge is -2.12. The maximum Gasteiger partial charge on any atom is 0.131 e. The van der Waals surface area contributed by atoms with Gasteiger partial charge in [-0.05, 0) is 25.9 Å². The molecule has 0 aliphatic carbocycles. The van der Waals surface area contributed by atoms with Gasteiger partial charge < -0.3 is 15.5 Å². The number of hydrogen-bond acceptors (Lipinski definition) is 6. The van der Waals surface area contributed by atoms with E-state index in [-0.39, 0.29) is 0 Å². The average molecular weight is 260 g/mol. The van der Waals surface area contributed by atoms with Crippen molar-refractivity contribution in [2.24, 2.45) is 5.92 Å². The van der Waals surface area contributed by atoms with Crippen molar-refractivity contribution < 1.29 is 0 Å². The van der Waals surface area contributed by atoms with Gasteiger partial charge in [0.05, 0.1) is 12.5 Å². The first-order chi connectivity index (χ1) is 9.28. The Bertz CT molecular complexity index is 441. The summed E-state index contributed by atoms with van der Waals surface area (Å²) in [5, 5.41) is 14.9. The third kappa shape index (κ3) is 4.38. The van der Waals surface area contributed by atoms with Crippen LogP contribution in [0.3, 0.4) is 0 Å². The molecule has 1 aromatic rings. The smallest absolute Gasteiger partial charge is 0.131 e. The number of rotatable bonds is 6. The van der Waals surface area contributed by atoms with Gasteiger partial charge in [0.15, 0.2) is 0 Å². The van der Waals surface area contributed by atoms with Gasteiger partial charge in [0.2, 0.25) is 0 Å². The van der Waals surface area contributed by atoms with Crippen LogP contribution in [-0.4, -0.2) is 48.1 Å². The monoisotopic (exact) mass is 260 g/mol. The Labute approximate surface area is 113 Å². The van der Waals surface area contributed by atoms with E-state index in [1.54, 1.807) is 0 Å². The van der Waals surface area contributed by atoms with E-state index < -0.39 is 0 Å². The Hall–Kier alpha value is -1.87. The third-order valence-electron chi connectivity index (χ3n) is 3.27. The molecule has 1 aliphatic heterocycles. The molecular formula is C13H20N6. The molecule has 0 spiro atoms. The number of nitriles is 1. The van der Waals surface area contributed by atoms with Crippen molar-refractivity contribution in [3.8, 4) is 6.07 Å². The van der Waals surface area contributed by atoms with Gasteiger partial charge in [-0.2, -0.15) is 5.26 Å². The van der Waals surface area contributed by atoms with Crippen molar-refractivity contribution in [1.29, 1.82) is 5.26 Å². The van der Waals surface area contributed by atoms with E-state index in [9.17, 15) is 0 Å². The maximum atomic E-state index is 8.49. The van der Waals surface area contributed by atoms with Crippen molar-refractivity contribution in [1.82, 2.24) is 14.9 Å². The van der Waals surface area contributed by atoms with Crippen LogP contribution in [0.4, 0.5) is 11.6 Å². The first-order valence-corrected chi connectivity index (χ1v) is 6.63. The van der Waals surface area contributed by atoms with Crippen molar-refractivity contribution in [2.75, 3.05) is 43.9 Å². The summed E-state index contributed by atoms with van der Waals surface area (Å²) < 4.78 is 0. The van der Waals surface area contributed by atoms with E-state index in [0.29, 0.717) is 18.9 Å². The second-order valence-corrected chi connectivity index (χ2v) is 4.92. The average Bonchev–Trinajstić information content (AvgIpc) is 2.83. The zero-order valence-electron chi connectivity index (χ0n) is 11.3. The molecule has 0 radical (unpaired) electrons. The molecule has 1 fully saturated rings. The fourth-order valence-electron chi connectivity index (χ4n) is 2.24. The molecule has 1 atom stereocenters. The van der Waals surface area contributed by atoms with Crippen molar-refractivity contribution in [2.45, 2.75) is 12.8 Å². The zero-order chi connectivity index (χ0) is 13.5. The summed E-state index contributed by atoms with van der Waals surface area (Å²) in [5.41, 5.74) is 0. The molecular weight excluding hydrogens is 240 g/mol. The Balaban J connectivity index is 1.80. The predicted molar refractivity (Wildman–Crippen MR) is 74.8 cm³/mol. The molecule has 2 heterocycles. The Morgan fingerprint density at radius 2 is 2.21 bits per heavy atom. The van der Waals surface area contributed by atoms with Gasteiger partial charge >= 0.3 is 0 Å². The normalized spacial score (nSPS) is 19.1. The zero-order valence-corrected chi connectivity index (χ0v) is 11.3. The minimum Gasteiger partial charge on any atom is -0.370 e. The predicted octanol–water partition coefficient (Wildman–Crippen LogP) is 1.17. The molecule has 0 saturated carbocycles. The number of nitrogens with one attached hydrogen (secondary N) is 2. The largest absolute Gasteiger partial charge is 0.370 e. The van der Waals surface area contributed by atoms with Crippen LogP contribution in [0.1, 0.15) is 12.8 Å². The SMILES string of the molecule is CN1CCC(CNc2cc(NCCC#N)ncn2)C1. The molecule has 6 heteroatoms. The molecule has 19 heavy (non-hydrogen) atoms. The topological polar surface area (TPSA) is 76.9 Å². The number of hydrogen-bond donors (Lipinski definition) is 2. The Morgan fingerprint density at radius 1 is 1.42 bits per heavy atom. The van der Waals surface area contributed by atoms with E-state index in [2.05, 4.69) is 38.6 Å². The minimum atomic E-state index is 0.473. The summed E-state index contributed by atoms with van der Waals surface area (Å²) in [7, 11) is 2.15. The highest BCUT2D eigenvalue weighted by molar-refractivity contribution is 5.46. The van der Waals surface area contributed by atoms with Crippen LogP contribution in [0, 0.1) is 17.2 Å². The third-order valence-corrected chi connectivity index (χ3v) is 3.27. The van der Waals surface area contributed by atoms with E-state index in [4.69, 9.17) is 5.26 Å². The fraction of sp³-hybridized carbons (Fsp3) is 0.615. The van der Waals surface area contributed by atoms with Crippen LogP contribution in [0.5, 0.6) is 0 Å². The molecule has 6 nitrogen and oxygen atoms in total. The summed E-state index contributed by atoms with van der Waals surface area (Å²) in [6.07, 6.45) is 3.25. The lowest BCUT2D eigenvalue weighted by Crippen LogP contribution is -2.19. The number of anilines is 2. The van der Waals surface area contributed by atoms with Crippen molar-refractivity contribution in [3.05, 3.63) is 12.4 Å². The number of likely N-dealkylation sites (tertiary alicyclic amines) is 1. The molecule has 0 aromatic carbocycles. The van der Waals surface area contributed by atoms with Crippen LogP contribution >= 0.6 is 0 Å². The molecule has 0 amide bonds. The van der Waals surface area contributed by atoms with Crippen LogP contribution < -0.4 is 10.6 Å². The van der Waals surface area contributed by atoms with Crippen molar-refractivity contribution in [3.63, 3.8) is 0 Å². The molecule has 0 bridgehead atoms. The van der Waals surface area contributed by atoms with Crippen LogP contribution in [-0.2, 0) is 0 Å². The molecule has 1 unspecified atom stereocenters. The van der Waals surface area contributed by atoms with Gasteiger partial charge in [-0.3, -0.25) is 0 Å². The van der Waals surface area contributed by atoms with Gasteiger partial charge in [-0.25, -0.2) is 9.97 Å². The highest BCUT2D eigenvalue weighted by atomic mass is 15.1. The maximum absolute atomic E-state index is 8.49. The number of aromatic nitrogens is 2. The summed E-state index contributed by atoms with van der Waals surface area (Å²) in [5.74, 6) is 2.29. The summed E-state index contributed by atoms with van der Waals surface area (Å²) in [4.78, 5) is 10.7. The van der Waals surface area contributed by atoms with Crippen LogP contribution in [0.2, 0.25) is 0 Å². The highest BCUT2D eigenvalue weighted by Gasteiger charge is 2.18. The summed E-state index contributed by atoms with van der Waals surface area (Å²) in [6, 6.07) is 3.98. The molecule has 1 aromatic heterocycles. The minimum absolute atomic E-state index is 0.473. The Kier molecular flexibility index (Phi) is 4.93. The van der Waals surface area contributed by atoms with E-state index in [0.717, 1.165) is 24.7 Å². The number of nitrogens with zero attached hydrogens (tertiary/aromatic N) is 4. The first-order valence-electron chi connectivity index (χ1n) is 6.63. The summed E-state index contributed by atoms with van der Waals surface area (Å²) >= 11 is 0. The molecule has 2 N–H and O–H groups in total. The van der Waals surface area contributed by atoms with Gasteiger partial charge in [-0.1, -0.05) is 0 Å². The Morgan fingerprint density at radius 3 is 2.89 bits per heavy atom. The fourth-order valence-corrected chi connectivity index (χ4v) is 2.24.